The van der Waals surface area contributed by atoms with Gasteiger partial charge in [-0.05, 0) is 12.1 Å². The molecule has 1 fully saturated rings. The van der Waals surface area contributed by atoms with Crippen LogP contribution in [0.3, 0.4) is 0 Å². The van der Waals surface area contributed by atoms with Gasteiger partial charge in [0.15, 0.2) is 0 Å². The molecule has 4 rings (SSSR count). The van der Waals surface area contributed by atoms with E-state index in [1.54, 1.807) is 0 Å². The lowest BCUT2D eigenvalue weighted by atomic mass is 10.2. The molecule has 6 heteroatoms. The van der Waals surface area contributed by atoms with E-state index in [4.69, 9.17) is 0 Å². The third-order valence-corrected chi connectivity index (χ3v) is 5.09. The zero-order chi connectivity index (χ0) is 19.2. The summed E-state index contributed by atoms with van der Waals surface area (Å²) in [5, 5.41) is 2.96. The summed E-state index contributed by atoms with van der Waals surface area (Å²) in [4.78, 5) is 21.2. The molecule has 0 atom stereocenters. The molecule has 1 aromatic heterocycles. The van der Waals surface area contributed by atoms with E-state index in [0.717, 1.165) is 56.3 Å². The number of carbonyl (C=O) groups excluding carboxylic acids is 1. The number of anilines is 1. The number of rotatable bonds is 5. The Balaban J connectivity index is 1.27. The number of nitrogens with one attached hydrogen (secondary N) is 1. The number of hydrogen-bond donors (Lipinski definition) is 1. The van der Waals surface area contributed by atoms with E-state index in [1.165, 1.54) is 0 Å². The smallest absolute Gasteiger partial charge is 0.321 e. The number of benzene rings is 2. The number of para-hydroxylation sites is 1. The molecule has 0 aliphatic carbocycles. The van der Waals surface area contributed by atoms with Crippen molar-refractivity contribution in [2.45, 2.75) is 6.54 Å². The van der Waals surface area contributed by atoms with Crippen molar-refractivity contribution in [3.05, 3.63) is 73.1 Å². The summed E-state index contributed by atoms with van der Waals surface area (Å²) in [7, 11) is 0. The number of urea groups is 1. The summed E-state index contributed by atoms with van der Waals surface area (Å²) in [6.45, 7) is 5.10. The highest BCUT2D eigenvalue weighted by Crippen LogP contribution is 2.17. The molecule has 28 heavy (non-hydrogen) atoms. The van der Waals surface area contributed by atoms with Crippen LogP contribution in [0, 0.1) is 0 Å². The highest BCUT2D eigenvalue weighted by Gasteiger charge is 2.21. The number of amides is 2. The molecule has 1 N–H and O–H groups in total. The molecular weight excluding hydrogens is 350 g/mol. The number of nitrogens with zero attached hydrogens (tertiary/aromatic N) is 4. The Bertz CT molecular complexity index is 886. The van der Waals surface area contributed by atoms with Crippen LogP contribution in [0.15, 0.2) is 73.1 Å². The van der Waals surface area contributed by atoms with Gasteiger partial charge in [-0.25, -0.2) is 9.78 Å². The third kappa shape index (κ3) is 4.40. The Morgan fingerprint density at radius 3 is 2.29 bits per heavy atom. The van der Waals surface area contributed by atoms with Gasteiger partial charge in [0.1, 0.15) is 5.82 Å². The summed E-state index contributed by atoms with van der Waals surface area (Å²) in [5.41, 5.74) is 1.97. The molecule has 6 nitrogen and oxygen atoms in total. The average molecular weight is 375 g/mol. The largest absolute Gasteiger partial charge is 0.330 e. The first-order chi connectivity index (χ1) is 13.8. The highest BCUT2D eigenvalue weighted by atomic mass is 16.2. The predicted octanol–water partition coefficient (Wildman–Crippen LogP) is 3.40. The van der Waals surface area contributed by atoms with Crippen LogP contribution in [0.1, 0.15) is 0 Å². The molecule has 2 amide bonds. The lowest BCUT2D eigenvalue weighted by molar-refractivity contribution is 0.144. The molecule has 0 spiro atoms. The Hall–Kier alpha value is -3.12. The van der Waals surface area contributed by atoms with Gasteiger partial charge >= 0.3 is 6.03 Å². The Morgan fingerprint density at radius 1 is 0.893 bits per heavy atom. The van der Waals surface area contributed by atoms with Gasteiger partial charge in [-0.1, -0.05) is 48.5 Å². The van der Waals surface area contributed by atoms with Gasteiger partial charge in [0.05, 0.1) is 0 Å². The first-order valence-corrected chi connectivity index (χ1v) is 9.69. The highest BCUT2D eigenvalue weighted by molar-refractivity contribution is 5.89. The van der Waals surface area contributed by atoms with Crippen molar-refractivity contribution in [3.63, 3.8) is 0 Å². The van der Waals surface area contributed by atoms with Gasteiger partial charge < -0.3 is 14.8 Å². The van der Waals surface area contributed by atoms with E-state index in [0.29, 0.717) is 0 Å². The van der Waals surface area contributed by atoms with Gasteiger partial charge in [-0.15, -0.1) is 0 Å². The van der Waals surface area contributed by atoms with E-state index in [-0.39, 0.29) is 6.03 Å². The molecule has 2 heterocycles. The van der Waals surface area contributed by atoms with Crippen LogP contribution in [-0.2, 0) is 6.54 Å². The Kier molecular flexibility index (Phi) is 5.68. The topological polar surface area (TPSA) is 53.4 Å². The molecule has 0 saturated carbocycles. The van der Waals surface area contributed by atoms with Crippen molar-refractivity contribution < 1.29 is 4.79 Å². The molecule has 2 aromatic carbocycles. The monoisotopic (exact) mass is 375 g/mol. The molecule has 3 aromatic rings. The molecule has 0 unspecified atom stereocenters. The summed E-state index contributed by atoms with van der Waals surface area (Å²) in [6.07, 6.45) is 3.89. The first-order valence-electron chi connectivity index (χ1n) is 9.69. The van der Waals surface area contributed by atoms with Crippen molar-refractivity contribution in [3.8, 4) is 11.4 Å². The van der Waals surface area contributed by atoms with Gasteiger partial charge in [0.25, 0.3) is 0 Å². The van der Waals surface area contributed by atoms with Crippen molar-refractivity contribution in [2.24, 2.45) is 0 Å². The second kappa shape index (κ2) is 8.71. The zero-order valence-electron chi connectivity index (χ0n) is 15.9. The lowest BCUT2D eigenvalue weighted by Gasteiger charge is -2.34. The van der Waals surface area contributed by atoms with E-state index in [9.17, 15) is 4.79 Å². The normalized spacial score (nSPS) is 14.8. The van der Waals surface area contributed by atoms with Crippen molar-refractivity contribution in [2.75, 3.05) is 38.0 Å². The van der Waals surface area contributed by atoms with Crippen LogP contribution in [-0.4, -0.2) is 58.1 Å². The number of piperazine rings is 1. The number of hydrogen-bond acceptors (Lipinski definition) is 3. The Morgan fingerprint density at radius 2 is 1.57 bits per heavy atom. The fourth-order valence-electron chi connectivity index (χ4n) is 3.48. The molecule has 0 bridgehead atoms. The number of carbonyl (C=O) groups is 1. The maximum Gasteiger partial charge on any atom is 0.321 e. The first kappa shape index (κ1) is 18.3. The second-order valence-electron chi connectivity index (χ2n) is 6.94. The van der Waals surface area contributed by atoms with Crippen LogP contribution >= 0.6 is 0 Å². The molecule has 1 aliphatic rings. The number of imidazole rings is 1. The van der Waals surface area contributed by atoms with E-state index >= 15 is 0 Å². The minimum Gasteiger partial charge on any atom is -0.330 e. The SMILES string of the molecule is O=C(Nc1ccccc1)N1CCN(CCn2ccnc2-c2ccccc2)CC1. The van der Waals surface area contributed by atoms with Crippen LogP contribution < -0.4 is 5.32 Å². The third-order valence-electron chi connectivity index (χ3n) is 5.09. The lowest BCUT2D eigenvalue weighted by Crippen LogP contribution is -2.50. The van der Waals surface area contributed by atoms with E-state index in [2.05, 4.69) is 31.9 Å². The van der Waals surface area contributed by atoms with E-state index < -0.39 is 0 Å². The molecule has 1 saturated heterocycles. The van der Waals surface area contributed by atoms with Crippen LogP contribution in [0.25, 0.3) is 11.4 Å². The van der Waals surface area contributed by atoms with Gasteiger partial charge in [0.2, 0.25) is 0 Å². The van der Waals surface area contributed by atoms with Crippen molar-refractivity contribution in [1.82, 2.24) is 19.4 Å². The minimum atomic E-state index is -0.0215. The molecule has 144 valence electrons. The van der Waals surface area contributed by atoms with Crippen molar-refractivity contribution >= 4 is 11.7 Å². The fraction of sp³-hybridized carbons (Fsp3) is 0.273. The van der Waals surface area contributed by atoms with E-state index in [1.807, 2.05) is 65.8 Å². The summed E-state index contributed by atoms with van der Waals surface area (Å²) < 4.78 is 2.20. The summed E-state index contributed by atoms with van der Waals surface area (Å²) >= 11 is 0. The molecule has 1 aliphatic heterocycles. The average Bonchev–Trinajstić information content (AvgIpc) is 3.23. The maximum atomic E-state index is 12.4. The second-order valence-corrected chi connectivity index (χ2v) is 6.94. The van der Waals surface area contributed by atoms with Gasteiger partial charge in [0, 0.05) is 62.9 Å². The number of aromatic nitrogens is 2. The standard InChI is InChI=1S/C22H25N5O/c28-22(24-20-9-5-2-6-10-20)27-17-14-25(15-18-27)13-16-26-12-11-23-21(26)19-7-3-1-4-8-19/h1-12H,13-18H2,(H,24,28). The molecular formula is C22H25N5O. The predicted molar refractivity (Wildman–Crippen MR) is 111 cm³/mol. The Labute approximate surface area is 165 Å². The minimum absolute atomic E-state index is 0.0215. The van der Waals surface area contributed by atoms with Gasteiger partial charge in [-0.2, -0.15) is 0 Å². The summed E-state index contributed by atoms with van der Waals surface area (Å²) in [5.74, 6) is 1.00. The molecule has 0 radical (unpaired) electrons. The van der Waals surface area contributed by atoms with Gasteiger partial charge in [-0.3, -0.25) is 4.90 Å². The fourth-order valence-corrected chi connectivity index (χ4v) is 3.48. The summed E-state index contributed by atoms with van der Waals surface area (Å²) in [6, 6.07) is 19.8. The van der Waals surface area contributed by atoms with Crippen LogP contribution in [0.5, 0.6) is 0 Å². The maximum absolute atomic E-state index is 12.4. The zero-order valence-corrected chi connectivity index (χ0v) is 15.9. The van der Waals surface area contributed by atoms with Crippen LogP contribution in [0.2, 0.25) is 0 Å². The van der Waals surface area contributed by atoms with Crippen molar-refractivity contribution in [1.29, 1.82) is 0 Å². The van der Waals surface area contributed by atoms with Crippen LogP contribution in [0.4, 0.5) is 10.5 Å². The quantitative estimate of drug-likeness (QED) is 0.744.